The standard InChI is InChI=1S/C20H22N4O4/c1-22-13-9-12-14(18(26)23(2)17(12)25)16(15(13)19(27)24(3)20(22)28)21-10-11-7-5-4-6-8-11/h4-8,12,14,16,21H,9-10H2,1-3H3/t12-,14-,16-/m1/s1. The van der Waals surface area contributed by atoms with Gasteiger partial charge in [0.2, 0.25) is 11.8 Å². The summed E-state index contributed by atoms with van der Waals surface area (Å²) in [7, 11) is 4.50. The van der Waals surface area contributed by atoms with E-state index in [0.717, 1.165) is 15.0 Å². The van der Waals surface area contributed by atoms with E-state index in [4.69, 9.17) is 0 Å². The maximum Gasteiger partial charge on any atom is 0.330 e. The predicted octanol–water partition coefficient (Wildman–Crippen LogP) is -0.298. The third-order valence-corrected chi connectivity index (χ3v) is 5.97. The number of benzene rings is 1. The van der Waals surface area contributed by atoms with Crippen LogP contribution in [0.15, 0.2) is 39.9 Å². The number of hydrogen-bond donors (Lipinski definition) is 1. The minimum atomic E-state index is -0.654. The Labute approximate surface area is 161 Å². The van der Waals surface area contributed by atoms with Gasteiger partial charge in [-0.05, 0) is 5.56 Å². The van der Waals surface area contributed by atoms with Gasteiger partial charge in [-0.3, -0.25) is 23.9 Å². The zero-order chi connectivity index (χ0) is 20.2. The molecule has 1 saturated heterocycles. The van der Waals surface area contributed by atoms with Crippen LogP contribution in [0.5, 0.6) is 0 Å². The topological polar surface area (TPSA) is 93.4 Å². The Kier molecular flexibility index (Phi) is 4.30. The summed E-state index contributed by atoms with van der Waals surface area (Å²) < 4.78 is 2.47. The summed E-state index contributed by atoms with van der Waals surface area (Å²) in [4.78, 5) is 52.0. The molecule has 1 aromatic heterocycles. The van der Waals surface area contributed by atoms with Crippen LogP contribution in [0.25, 0.3) is 0 Å². The summed E-state index contributed by atoms with van der Waals surface area (Å²) in [5.74, 6) is -1.78. The van der Waals surface area contributed by atoms with E-state index in [-0.39, 0.29) is 18.2 Å². The molecule has 0 spiro atoms. The molecule has 0 unspecified atom stereocenters. The summed E-state index contributed by atoms with van der Waals surface area (Å²) in [6.07, 6.45) is 0.209. The lowest BCUT2D eigenvalue weighted by molar-refractivity contribution is -0.138. The average molecular weight is 382 g/mol. The molecule has 0 radical (unpaired) electrons. The lowest BCUT2D eigenvalue weighted by Crippen LogP contribution is -2.49. The maximum atomic E-state index is 13.0. The third kappa shape index (κ3) is 2.56. The van der Waals surface area contributed by atoms with Gasteiger partial charge in [0, 0.05) is 39.8 Å². The van der Waals surface area contributed by atoms with Crippen molar-refractivity contribution in [1.29, 1.82) is 0 Å². The van der Waals surface area contributed by atoms with Gasteiger partial charge in [0.25, 0.3) is 5.56 Å². The molecule has 0 bridgehead atoms. The van der Waals surface area contributed by atoms with Crippen LogP contribution in [0, 0.1) is 11.8 Å². The van der Waals surface area contributed by atoms with Crippen molar-refractivity contribution in [3.63, 3.8) is 0 Å². The lowest BCUT2D eigenvalue weighted by atomic mass is 9.75. The van der Waals surface area contributed by atoms with Crippen molar-refractivity contribution in [2.45, 2.75) is 19.0 Å². The molecule has 3 atom stereocenters. The van der Waals surface area contributed by atoms with E-state index in [0.29, 0.717) is 17.8 Å². The Morgan fingerprint density at radius 1 is 0.964 bits per heavy atom. The molecule has 1 aromatic carbocycles. The van der Waals surface area contributed by atoms with Crippen LogP contribution in [0.1, 0.15) is 22.9 Å². The molecule has 8 nitrogen and oxygen atoms in total. The van der Waals surface area contributed by atoms with Crippen molar-refractivity contribution in [3.05, 3.63) is 68.0 Å². The minimum Gasteiger partial charge on any atom is -0.305 e. The number of hydrogen-bond acceptors (Lipinski definition) is 5. The van der Waals surface area contributed by atoms with Crippen molar-refractivity contribution in [2.75, 3.05) is 7.05 Å². The molecular weight excluding hydrogens is 360 g/mol. The summed E-state index contributed by atoms with van der Waals surface area (Å²) >= 11 is 0. The van der Waals surface area contributed by atoms with Gasteiger partial charge >= 0.3 is 5.69 Å². The molecule has 146 valence electrons. The number of fused-ring (bicyclic) bond motifs is 2. The van der Waals surface area contributed by atoms with Gasteiger partial charge in [0.1, 0.15) is 0 Å². The molecular formula is C20H22N4O4. The first-order valence-electron chi connectivity index (χ1n) is 9.20. The van der Waals surface area contributed by atoms with Crippen LogP contribution in [-0.2, 0) is 36.6 Å². The average Bonchev–Trinajstić information content (AvgIpc) is 2.93. The maximum absolute atomic E-state index is 13.0. The van der Waals surface area contributed by atoms with Gasteiger partial charge in [-0.15, -0.1) is 0 Å². The number of imide groups is 1. The number of carbonyl (C=O) groups excluding carboxylic acids is 2. The van der Waals surface area contributed by atoms with E-state index in [1.54, 1.807) is 7.05 Å². The first-order valence-corrected chi connectivity index (χ1v) is 9.20. The number of nitrogens with one attached hydrogen (secondary N) is 1. The second-order valence-electron chi connectivity index (χ2n) is 7.48. The molecule has 1 N–H and O–H groups in total. The van der Waals surface area contributed by atoms with Crippen LogP contribution in [0.4, 0.5) is 0 Å². The summed E-state index contributed by atoms with van der Waals surface area (Å²) in [6.45, 7) is 0.436. The van der Waals surface area contributed by atoms with Gasteiger partial charge in [-0.2, -0.15) is 0 Å². The normalized spacial score (nSPS) is 23.7. The zero-order valence-electron chi connectivity index (χ0n) is 16.0. The van der Waals surface area contributed by atoms with Crippen molar-refractivity contribution in [2.24, 2.45) is 25.9 Å². The van der Waals surface area contributed by atoms with Gasteiger partial charge in [0.05, 0.1) is 23.4 Å². The molecule has 28 heavy (non-hydrogen) atoms. The molecule has 1 fully saturated rings. The largest absolute Gasteiger partial charge is 0.330 e. The first-order chi connectivity index (χ1) is 13.3. The molecule has 8 heteroatoms. The Morgan fingerprint density at radius 2 is 1.64 bits per heavy atom. The molecule has 2 amide bonds. The molecule has 0 saturated carbocycles. The highest BCUT2D eigenvalue weighted by molar-refractivity contribution is 6.05. The van der Waals surface area contributed by atoms with Gasteiger partial charge in [0.15, 0.2) is 0 Å². The van der Waals surface area contributed by atoms with E-state index in [2.05, 4.69) is 5.32 Å². The molecule has 2 aromatic rings. The summed E-state index contributed by atoms with van der Waals surface area (Å²) in [6, 6.07) is 8.99. The molecule has 1 aliphatic heterocycles. The molecule has 2 aliphatic rings. The van der Waals surface area contributed by atoms with Crippen LogP contribution in [-0.4, -0.2) is 32.9 Å². The highest BCUT2D eigenvalue weighted by Gasteiger charge is 2.54. The minimum absolute atomic E-state index is 0.209. The molecule has 1 aliphatic carbocycles. The number of likely N-dealkylation sites (tertiary alicyclic amines) is 1. The van der Waals surface area contributed by atoms with E-state index in [1.807, 2.05) is 30.3 Å². The molecule has 4 rings (SSSR count). The fraction of sp³-hybridized carbons (Fsp3) is 0.400. The van der Waals surface area contributed by atoms with E-state index in [1.165, 1.54) is 18.7 Å². The second kappa shape index (κ2) is 6.56. The SMILES string of the molecule is CN1C(=O)[C@@H]2[C@@H](Cc3c(c(=O)n(C)c(=O)n3C)[C@@H]2NCc2ccccc2)C1=O. The smallest absolute Gasteiger partial charge is 0.305 e. The van der Waals surface area contributed by atoms with E-state index in [9.17, 15) is 19.2 Å². The Morgan fingerprint density at radius 3 is 2.32 bits per heavy atom. The summed E-state index contributed by atoms with van der Waals surface area (Å²) in [5, 5.41) is 3.32. The number of nitrogens with zero attached hydrogens (tertiary/aromatic N) is 3. The number of amides is 2. The Bertz CT molecular complexity index is 1090. The van der Waals surface area contributed by atoms with Crippen LogP contribution in [0.3, 0.4) is 0 Å². The van der Waals surface area contributed by atoms with Crippen molar-refractivity contribution in [1.82, 2.24) is 19.4 Å². The highest BCUT2D eigenvalue weighted by Crippen LogP contribution is 2.42. The predicted molar refractivity (Wildman–Crippen MR) is 101 cm³/mol. The van der Waals surface area contributed by atoms with Gasteiger partial charge in [-0.25, -0.2) is 4.79 Å². The summed E-state index contributed by atoms with van der Waals surface area (Å²) in [5.41, 5.74) is 1.07. The fourth-order valence-electron chi connectivity index (χ4n) is 4.41. The lowest BCUT2D eigenvalue weighted by Gasteiger charge is -2.34. The Hall–Kier alpha value is -3.00. The first kappa shape index (κ1) is 18.4. The van der Waals surface area contributed by atoms with Gasteiger partial charge < -0.3 is 9.88 Å². The van der Waals surface area contributed by atoms with Gasteiger partial charge in [-0.1, -0.05) is 30.3 Å². The second-order valence-corrected chi connectivity index (χ2v) is 7.48. The van der Waals surface area contributed by atoms with Crippen molar-refractivity contribution in [3.8, 4) is 0 Å². The zero-order valence-corrected chi connectivity index (χ0v) is 16.0. The molecule has 2 heterocycles. The van der Waals surface area contributed by atoms with Crippen LogP contribution >= 0.6 is 0 Å². The van der Waals surface area contributed by atoms with E-state index >= 15 is 0 Å². The fourth-order valence-corrected chi connectivity index (χ4v) is 4.41. The van der Waals surface area contributed by atoms with Crippen molar-refractivity contribution >= 4 is 11.8 Å². The quantitative estimate of drug-likeness (QED) is 0.736. The Balaban J connectivity index is 1.86. The van der Waals surface area contributed by atoms with Crippen LogP contribution in [0.2, 0.25) is 0 Å². The van der Waals surface area contributed by atoms with Crippen LogP contribution < -0.4 is 16.6 Å². The monoisotopic (exact) mass is 382 g/mol. The number of carbonyl (C=O) groups is 2. The van der Waals surface area contributed by atoms with Crippen molar-refractivity contribution < 1.29 is 9.59 Å². The highest BCUT2D eigenvalue weighted by atomic mass is 16.2. The number of aromatic nitrogens is 2. The third-order valence-electron chi connectivity index (χ3n) is 5.97. The van der Waals surface area contributed by atoms with E-state index < -0.39 is 29.1 Å². The number of rotatable bonds is 3.